The van der Waals surface area contributed by atoms with E-state index in [-0.39, 0.29) is 12.0 Å². The molecule has 7 rings (SSSR count). The summed E-state index contributed by atoms with van der Waals surface area (Å²) < 4.78 is 12.3. The number of hydrogen-bond acceptors (Lipinski definition) is 8. The lowest BCUT2D eigenvalue weighted by Crippen LogP contribution is -2.52. The van der Waals surface area contributed by atoms with Crippen LogP contribution in [0.25, 0.3) is 0 Å². The number of anilines is 3. The molecule has 1 amide bonds. The number of pyridine rings is 2. The molecule has 9 heteroatoms. The van der Waals surface area contributed by atoms with Crippen molar-refractivity contribution in [1.29, 1.82) is 0 Å². The Bertz CT molecular complexity index is 1250. The number of aromatic nitrogens is 2. The summed E-state index contributed by atoms with van der Waals surface area (Å²) in [5.74, 6) is 2.65. The van der Waals surface area contributed by atoms with Gasteiger partial charge in [0.2, 0.25) is 5.91 Å². The fourth-order valence-corrected chi connectivity index (χ4v) is 6.41. The molecule has 0 aromatic carbocycles. The summed E-state index contributed by atoms with van der Waals surface area (Å²) in [6, 6.07) is 4.72. The normalized spacial score (nSPS) is 25.5. The Kier molecular flexibility index (Phi) is 6.00. The van der Waals surface area contributed by atoms with Crippen LogP contribution in [0, 0.1) is 0 Å². The predicted octanol–water partition coefficient (Wildman–Crippen LogP) is 3.57. The van der Waals surface area contributed by atoms with E-state index in [1.54, 1.807) is 0 Å². The SMILES string of the molecule is C=CC(=O)N1CC[C@H](N2CC(c3cc4c(c(C5CC5)n3)O[C@@H](C)c3c(N5CCOCC5)ccnc3N4)C2)C1. The van der Waals surface area contributed by atoms with Crippen molar-refractivity contribution < 1.29 is 14.3 Å². The van der Waals surface area contributed by atoms with Crippen molar-refractivity contribution in [1.82, 2.24) is 19.8 Å². The van der Waals surface area contributed by atoms with Crippen molar-refractivity contribution in [2.75, 3.05) is 62.7 Å². The second-order valence-corrected chi connectivity index (χ2v) is 11.2. The van der Waals surface area contributed by atoms with E-state index in [1.165, 1.54) is 11.8 Å². The summed E-state index contributed by atoms with van der Waals surface area (Å²) in [6.45, 7) is 12.5. The van der Waals surface area contributed by atoms with Gasteiger partial charge in [-0.05, 0) is 44.4 Å². The van der Waals surface area contributed by atoms with Crippen LogP contribution in [-0.4, -0.2) is 84.2 Å². The maximum absolute atomic E-state index is 12.0. The number of fused-ring (bicyclic) bond motifs is 2. The number of rotatable bonds is 5. The van der Waals surface area contributed by atoms with E-state index < -0.39 is 0 Å². The lowest BCUT2D eigenvalue weighted by atomic mass is 9.92. The van der Waals surface area contributed by atoms with Crippen molar-refractivity contribution in [3.63, 3.8) is 0 Å². The molecule has 1 N–H and O–H groups in total. The number of morpholine rings is 1. The van der Waals surface area contributed by atoms with Gasteiger partial charge in [-0.3, -0.25) is 14.7 Å². The van der Waals surface area contributed by atoms with Gasteiger partial charge in [0.15, 0.2) is 5.75 Å². The molecule has 0 bridgehead atoms. The van der Waals surface area contributed by atoms with Crippen LogP contribution in [0.15, 0.2) is 31.0 Å². The summed E-state index contributed by atoms with van der Waals surface area (Å²) in [7, 11) is 0. The van der Waals surface area contributed by atoms with Crippen LogP contribution >= 0.6 is 0 Å². The number of ether oxygens (including phenoxy) is 2. The zero-order valence-electron chi connectivity index (χ0n) is 22.1. The molecule has 3 saturated heterocycles. The third-order valence-corrected chi connectivity index (χ3v) is 8.75. The standard InChI is InChI=1S/C29H36N6O3/c1-3-25(36)34-9-7-21(17-34)35-15-20(16-35)22-14-23-28(27(31-22)19-4-5-19)38-18(2)26-24(6-8-30-29(26)32-23)33-10-12-37-13-11-33/h3,6,8,14,18-21H,1,4-5,7,9-13,15-17H2,2H3,(H,30,32)/t18-,21-/m0/s1. The first-order valence-electron chi connectivity index (χ1n) is 14.0. The number of carbonyl (C=O) groups excluding carboxylic acids is 1. The second-order valence-electron chi connectivity index (χ2n) is 11.2. The molecule has 5 aliphatic rings. The third-order valence-electron chi connectivity index (χ3n) is 8.75. The maximum atomic E-state index is 12.0. The third kappa shape index (κ3) is 4.22. The van der Waals surface area contributed by atoms with Crippen LogP contribution < -0.4 is 15.0 Å². The highest BCUT2D eigenvalue weighted by Crippen LogP contribution is 2.51. The lowest BCUT2D eigenvalue weighted by Gasteiger charge is -2.43. The highest BCUT2D eigenvalue weighted by atomic mass is 16.5. The average Bonchev–Trinajstić information content (AvgIpc) is 3.67. The first-order valence-corrected chi connectivity index (χ1v) is 14.0. The van der Waals surface area contributed by atoms with Crippen molar-refractivity contribution in [2.45, 2.75) is 50.2 Å². The van der Waals surface area contributed by atoms with Crippen LogP contribution in [0.2, 0.25) is 0 Å². The molecule has 38 heavy (non-hydrogen) atoms. The van der Waals surface area contributed by atoms with Gasteiger partial charge in [-0.15, -0.1) is 0 Å². The van der Waals surface area contributed by atoms with E-state index in [2.05, 4.69) is 40.8 Å². The molecule has 1 saturated carbocycles. The number of nitrogens with zero attached hydrogens (tertiary/aromatic N) is 5. The fourth-order valence-electron chi connectivity index (χ4n) is 6.41. The summed E-state index contributed by atoms with van der Waals surface area (Å²) in [5.41, 5.74) is 5.48. The smallest absolute Gasteiger partial charge is 0.246 e. The Balaban J connectivity index is 1.15. The summed E-state index contributed by atoms with van der Waals surface area (Å²) in [4.78, 5) is 28.8. The van der Waals surface area contributed by atoms with E-state index in [9.17, 15) is 4.79 Å². The van der Waals surface area contributed by atoms with Gasteiger partial charge in [0.05, 0.1) is 30.2 Å². The molecule has 2 aromatic rings. The molecule has 0 radical (unpaired) electrons. The van der Waals surface area contributed by atoms with E-state index in [0.29, 0.717) is 17.9 Å². The average molecular weight is 517 g/mol. The minimum atomic E-state index is -0.141. The minimum absolute atomic E-state index is 0.0389. The number of carbonyl (C=O) groups is 1. The molecule has 2 aromatic heterocycles. The van der Waals surface area contributed by atoms with E-state index >= 15 is 0 Å². The number of amides is 1. The molecule has 0 spiro atoms. The van der Waals surface area contributed by atoms with Crippen molar-refractivity contribution in [3.8, 4) is 5.75 Å². The van der Waals surface area contributed by atoms with Crippen molar-refractivity contribution >= 4 is 23.1 Å². The van der Waals surface area contributed by atoms with Gasteiger partial charge in [0.25, 0.3) is 0 Å². The van der Waals surface area contributed by atoms with Crippen molar-refractivity contribution in [2.24, 2.45) is 0 Å². The molecule has 0 unspecified atom stereocenters. The predicted molar refractivity (Wildman–Crippen MR) is 145 cm³/mol. The van der Waals surface area contributed by atoms with E-state index in [0.717, 1.165) is 106 Å². The molecular weight excluding hydrogens is 480 g/mol. The number of nitrogens with one attached hydrogen (secondary N) is 1. The van der Waals surface area contributed by atoms with Crippen molar-refractivity contribution in [3.05, 3.63) is 47.9 Å². The Morgan fingerprint density at radius 1 is 1.13 bits per heavy atom. The Morgan fingerprint density at radius 3 is 2.71 bits per heavy atom. The van der Waals surface area contributed by atoms with Crippen LogP contribution in [0.3, 0.4) is 0 Å². The minimum Gasteiger partial charge on any atom is -0.482 e. The topological polar surface area (TPSA) is 83.1 Å². The number of hydrogen-bond donors (Lipinski definition) is 1. The largest absolute Gasteiger partial charge is 0.482 e. The molecule has 2 atom stereocenters. The van der Waals surface area contributed by atoms with Crippen LogP contribution in [0.4, 0.5) is 17.2 Å². The Morgan fingerprint density at radius 2 is 1.95 bits per heavy atom. The molecule has 6 heterocycles. The maximum Gasteiger partial charge on any atom is 0.246 e. The first kappa shape index (κ1) is 23.9. The highest BCUT2D eigenvalue weighted by molar-refractivity contribution is 5.87. The van der Waals surface area contributed by atoms with Gasteiger partial charge in [-0.1, -0.05) is 6.58 Å². The van der Waals surface area contributed by atoms with E-state index in [1.807, 2.05) is 11.1 Å². The zero-order valence-corrected chi connectivity index (χ0v) is 22.1. The highest BCUT2D eigenvalue weighted by Gasteiger charge is 2.40. The summed E-state index contributed by atoms with van der Waals surface area (Å²) in [6.07, 6.45) is 6.53. The van der Waals surface area contributed by atoms with Gasteiger partial charge < -0.3 is 24.6 Å². The van der Waals surface area contributed by atoms with Crippen LogP contribution in [0.1, 0.15) is 61.1 Å². The van der Waals surface area contributed by atoms with Gasteiger partial charge in [0.1, 0.15) is 11.9 Å². The van der Waals surface area contributed by atoms with Gasteiger partial charge in [-0.2, -0.15) is 0 Å². The van der Waals surface area contributed by atoms with Gasteiger partial charge >= 0.3 is 0 Å². The Labute approximate surface area is 223 Å². The molecule has 9 nitrogen and oxygen atoms in total. The molecule has 1 aliphatic carbocycles. The zero-order chi connectivity index (χ0) is 25.8. The quantitative estimate of drug-likeness (QED) is 0.604. The van der Waals surface area contributed by atoms with Crippen LogP contribution in [0.5, 0.6) is 5.75 Å². The van der Waals surface area contributed by atoms with Gasteiger partial charge in [0, 0.05) is 74.7 Å². The summed E-state index contributed by atoms with van der Waals surface area (Å²) in [5, 5.41) is 3.67. The Hall–Kier alpha value is -3.17. The monoisotopic (exact) mass is 516 g/mol. The molecule has 4 aliphatic heterocycles. The molecular formula is C29H36N6O3. The first-order chi connectivity index (χ1) is 18.6. The molecule has 200 valence electrons. The van der Waals surface area contributed by atoms with Crippen LogP contribution in [-0.2, 0) is 9.53 Å². The second kappa shape index (κ2) is 9.54. The lowest BCUT2D eigenvalue weighted by molar-refractivity contribution is -0.125. The fraction of sp³-hybridized carbons (Fsp3) is 0.552. The summed E-state index contributed by atoms with van der Waals surface area (Å²) >= 11 is 0. The molecule has 4 fully saturated rings. The number of likely N-dealkylation sites (tertiary alicyclic amines) is 2. The van der Waals surface area contributed by atoms with E-state index in [4.69, 9.17) is 19.4 Å². The van der Waals surface area contributed by atoms with Gasteiger partial charge in [-0.25, -0.2) is 4.98 Å².